The summed E-state index contributed by atoms with van der Waals surface area (Å²) in [5, 5.41) is 11.6. The van der Waals surface area contributed by atoms with Gasteiger partial charge in [0.25, 0.3) is 0 Å². The molecule has 1 aliphatic rings. The quantitative estimate of drug-likeness (QED) is 0.582. The number of hydrogen-bond acceptors (Lipinski definition) is 8. The first-order valence-electron chi connectivity index (χ1n) is 10.5. The van der Waals surface area contributed by atoms with Crippen LogP contribution in [0.15, 0.2) is 59.6 Å². The molecule has 0 unspecified atom stereocenters. The first kappa shape index (κ1) is 22.0. The van der Waals surface area contributed by atoms with Crippen molar-refractivity contribution in [3.8, 4) is 5.75 Å². The second-order valence-corrected chi connectivity index (χ2v) is 9.36. The molecular formula is C22H26N6O3S. The number of hydrogen-bond donors (Lipinski definition) is 1. The van der Waals surface area contributed by atoms with Gasteiger partial charge in [0.05, 0.1) is 11.5 Å². The Kier molecular flexibility index (Phi) is 6.52. The number of rotatable bonds is 7. The summed E-state index contributed by atoms with van der Waals surface area (Å²) in [5.74, 6) is 2.67. The van der Waals surface area contributed by atoms with Crippen LogP contribution in [0.4, 0.5) is 17.5 Å². The zero-order valence-electron chi connectivity index (χ0n) is 18.1. The minimum Gasteiger partial charge on any atom is -0.494 e. The highest BCUT2D eigenvalue weighted by Crippen LogP contribution is 2.22. The van der Waals surface area contributed by atoms with Crippen LogP contribution < -0.4 is 15.0 Å². The molecule has 9 nitrogen and oxygen atoms in total. The van der Waals surface area contributed by atoms with E-state index < -0.39 is 10.0 Å². The smallest absolute Gasteiger partial charge is 0.243 e. The van der Waals surface area contributed by atoms with Gasteiger partial charge in [-0.3, -0.25) is 0 Å². The Morgan fingerprint density at radius 1 is 0.938 bits per heavy atom. The van der Waals surface area contributed by atoms with Gasteiger partial charge in [-0.1, -0.05) is 6.07 Å². The number of pyridine rings is 1. The van der Waals surface area contributed by atoms with E-state index in [-0.39, 0.29) is 4.90 Å². The highest BCUT2D eigenvalue weighted by Gasteiger charge is 2.29. The van der Waals surface area contributed by atoms with Gasteiger partial charge in [-0.2, -0.15) is 4.31 Å². The van der Waals surface area contributed by atoms with E-state index in [1.807, 2.05) is 43.0 Å². The Labute approximate surface area is 188 Å². The zero-order chi connectivity index (χ0) is 22.6. The zero-order valence-corrected chi connectivity index (χ0v) is 18.9. The standard InChI is InChI=1S/C22H26N6O3S/c1-3-31-18-5-7-19(8-6-18)32(29,30)28-14-12-27(13-15-28)22-11-10-21(25-26-22)24-20-9-4-17(2)16-23-20/h4-11,16H,3,12-15H2,1-2H3,(H,23,24,25). The average molecular weight is 455 g/mol. The van der Waals surface area contributed by atoms with Crippen LogP contribution in [0, 0.1) is 6.92 Å². The Morgan fingerprint density at radius 2 is 1.66 bits per heavy atom. The number of ether oxygens (including phenoxy) is 1. The molecule has 3 aromatic rings. The minimum absolute atomic E-state index is 0.273. The molecule has 0 radical (unpaired) electrons. The van der Waals surface area contributed by atoms with Gasteiger partial charge < -0.3 is 15.0 Å². The molecule has 1 aromatic carbocycles. The fourth-order valence-corrected chi connectivity index (χ4v) is 4.84. The van der Waals surface area contributed by atoms with Crippen LogP contribution in [0.5, 0.6) is 5.75 Å². The van der Waals surface area contributed by atoms with Crippen LogP contribution in [-0.2, 0) is 10.0 Å². The van der Waals surface area contributed by atoms with Crippen LogP contribution in [0.3, 0.4) is 0 Å². The van der Waals surface area contributed by atoms with Crippen LogP contribution in [0.25, 0.3) is 0 Å². The van der Waals surface area contributed by atoms with Gasteiger partial charge in [0.1, 0.15) is 11.6 Å². The molecule has 1 saturated heterocycles. The molecule has 168 valence electrons. The summed E-state index contributed by atoms with van der Waals surface area (Å²) in [4.78, 5) is 6.60. The van der Waals surface area contributed by atoms with E-state index in [4.69, 9.17) is 4.74 Å². The Bertz CT molecular complexity index is 1130. The number of piperazine rings is 1. The van der Waals surface area contributed by atoms with Gasteiger partial charge in [0, 0.05) is 32.4 Å². The third-order valence-electron chi connectivity index (χ3n) is 5.15. The Balaban J connectivity index is 1.36. The third kappa shape index (κ3) is 4.97. The monoisotopic (exact) mass is 454 g/mol. The third-order valence-corrected chi connectivity index (χ3v) is 7.07. The fourth-order valence-electron chi connectivity index (χ4n) is 3.41. The number of benzene rings is 1. The molecule has 1 fully saturated rings. The number of nitrogens with one attached hydrogen (secondary N) is 1. The average Bonchev–Trinajstić information content (AvgIpc) is 2.82. The molecule has 0 atom stereocenters. The molecular weight excluding hydrogens is 428 g/mol. The van der Waals surface area contributed by atoms with Crippen molar-refractivity contribution in [2.45, 2.75) is 18.7 Å². The lowest BCUT2D eigenvalue weighted by molar-refractivity contribution is 0.340. The topological polar surface area (TPSA) is 101 Å². The molecule has 1 aliphatic heterocycles. The fraction of sp³-hybridized carbons (Fsp3) is 0.318. The van der Waals surface area contributed by atoms with Gasteiger partial charge in [0.15, 0.2) is 11.6 Å². The van der Waals surface area contributed by atoms with Gasteiger partial charge in [0.2, 0.25) is 10.0 Å². The van der Waals surface area contributed by atoms with Crippen molar-refractivity contribution in [3.05, 3.63) is 60.3 Å². The minimum atomic E-state index is -3.55. The predicted molar refractivity (Wildman–Crippen MR) is 123 cm³/mol. The second-order valence-electron chi connectivity index (χ2n) is 7.42. The highest BCUT2D eigenvalue weighted by molar-refractivity contribution is 7.89. The largest absolute Gasteiger partial charge is 0.494 e. The van der Waals surface area contributed by atoms with Gasteiger partial charge in [-0.05, 0) is 61.9 Å². The van der Waals surface area contributed by atoms with Crippen LogP contribution in [0.1, 0.15) is 12.5 Å². The first-order chi connectivity index (χ1) is 15.5. The summed E-state index contributed by atoms with van der Waals surface area (Å²) in [6.07, 6.45) is 1.78. The summed E-state index contributed by atoms with van der Waals surface area (Å²) in [6.45, 7) is 6.24. The molecule has 3 heterocycles. The van der Waals surface area contributed by atoms with Crippen molar-refractivity contribution in [3.63, 3.8) is 0 Å². The van der Waals surface area contributed by atoms with Gasteiger partial charge in [-0.15, -0.1) is 10.2 Å². The van der Waals surface area contributed by atoms with Crippen LogP contribution in [0.2, 0.25) is 0 Å². The van der Waals surface area contributed by atoms with Crippen molar-refractivity contribution in [1.29, 1.82) is 0 Å². The van der Waals surface area contributed by atoms with Gasteiger partial charge >= 0.3 is 0 Å². The van der Waals surface area contributed by atoms with E-state index in [9.17, 15) is 8.42 Å². The SMILES string of the molecule is CCOc1ccc(S(=O)(=O)N2CCN(c3ccc(Nc4ccc(C)cn4)nn3)CC2)cc1. The Hall–Kier alpha value is -3.24. The molecule has 0 bridgehead atoms. The molecule has 32 heavy (non-hydrogen) atoms. The van der Waals surface area contributed by atoms with Crippen molar-refractivity contribution in [2.24, 2.45) is 0 Å². The van der Waals surface area contributed by atoms with Crippen molar-refractivity contribution < 1.29 is 13.2 Å². The maximum atomic E-state index is 13.0. The van der Waals surface area contributed by atoms with Crippen molar-refractivity contribution >= 4 is 27.5 Å². The lowest BCUT2D eigenvalue weighted by Gasteiger charge is -2.34. The molecule has 0 aliphatic carbocycles. The molecule has 10 heteroatoms. The normalized spacial score (nSPS) is 14.9. The summed E-state index contributed by atoms with van der Waals surface area (Å²) in [6, 6.07) is 14.1. The van der Waals surface area contributed by atoms with E-state index in [1.165, 1.54) is 4.31 Å². The number of anilines is 3. The van der Waals surface area contributed by atoms with E-state index in [0.29, 0.717) is 56.0 Å². The molecule has 2 aromatic heterocycles. The van der Waals surface area contributed by atoms with E-state index >= 15 is 0 Å². The van der Waals surface area contributed by atoms with Crippen LogP contribution in [-0.4, -0.2) is 60.7 Å². The maximum absolute atomic E-state index is 13.0. The summed E-state index contributed by atoms with van der Waals surface area (Å²) >= 11 is 0. The van der Waals surface area contributed by atoms with E-state index in [2.05, 4.69) is 20.5 Å². The second kappa shape index (κ2) is 9.49. The number of nitrogens with zero attached hydrogens (tertiary/aromatic N) is 5. The van der Waals surface area contributed by atoms with Crippen LogP contribution >= 0.6 is 0 Å². The number of sulfonamides is 1. The predicted octanol–water partition coefficient (Wildman–Crippen LogP) is 2.83. The van der Waals surface area contributed by atoms with E-state index in [0.717, 1.165) is 5.56 Å². The number of aryl methyl sites for hydroxylation is 1. The molecule has 4 rings (SSSR count). The molecule has 1 N–H and O–H groups in total. The lowest BCUT2D eigenvalue weighted by atomic mass is 10.3. The van der Waals surface area contributed by atoms with E-state index in [1.54, 1.807) is 30.5 Å². The highest BCUT2D eigenvalue weighted by atomic mass is 32.2. The van der Waals surface area contributed by atoms with Gasteiger partial charge in [-0.25, -0.2) is 13.4 Å². The van der Waals surface area contributed by atoms with Crippen molar-refractivity contribution in [1.82, 2.24) is 19.5 Å². The summed E-state index contributed by atoms with van der Waals surface area (Å²) in [7, 11) is -3.55. The maximum Gasteiger partial charge on any atom is 0.243 e. The lowest BCUT2D eigenvalue weighted by Crippen LogP contribution is -2.48. The summed E-state index contributed by atoms with van der Waals surface area (Å²) < 4.78 is 32.8. The Morgan fingerprint density at radius 3 is 2.25 bits per heavy atom. The number of aromatic nitrogens is 3. The molecule has 0 saturated carbocycles. The first-order valence-corrected chi connectivity index (χ1v) is 11.9. The molecule has 0 spiro atoms. The molecule has 0 amide bonds. The summed E-state index contributed by atoms with van der Waals surface area (Å²) in [5.41, 5.74) is 1.08. The van der Waals surface area contributed by atoms with Crippen molar-refractivity contribution in [2.75, 3.05) is 43.0 Å².